The molecule has 130 valence electrons. The van der Waals surface area contributed by atoms with Crippen molar-refractivity contribution in [2.75, 3.05) is 7.11 Å². The zero-order valence-electron chi connectivity index (χ0n) is 15.8. The van der Waals surface area contributed by atoms with Crippen LogP contribution in [0.5, 0.6) is 5.75 Å². The molecule has 3 nitrogen and oxygen atoms in total. The zero-order valence-corrected chi connectivity index (χ0v) is 16.8. The van der Waals surface area contributed by atoms with Crippen LogP contribution in [0.2, 0.25) is 19.6 Å². The van der Waals surface area contributed by atoms with Gasteiger partial charge in [-0.25, -0.2) is 0 Å². The number of hydrogen-bond donors (Lipinski definition) is 0. The highest BCUT2D eigenvalue weighted by molar-refractivity contribution is 6.70. The Morgan fingerprint density at radius 2 is 1.58 bits per heavy atom. The molecule has 0 aliphatic rings. The summed E-state index contributed by atoms with van der Waals surface area (Å²) in [6.45, 7) is 12.6. The third-order valence-electron chi connectivity index (χ3n) is 3.53. The minimum Gasteiger partial charge on any atom is -0.519 e. The van der Waals surface area contributed by atoms with E-state index in [2.05, 4.69) is 50.8 Å². The monoisotopic (exact) mass is 344 g/mol. The number of allylic oxidation sites excluding steroid dienone is 1. The predicted octanol–water partition coefficient (Wildman–Crippen LogP) is 5.81. The molecule has 0 radical (unpaired) electrons. The normalized spacial score (nSPS) is 13.0. The van der Waals surface area contributed by atoms with Crippen LogP contribution in [0.1, 0.15) is 26.3 Å². The van der Waals surface area contributed by atoms with Crippen molar-refractivity contribution in [3.8, 4) is 5.75 Å². The molecule has 0 aromatic heterocycles. The summed E-state index contributed by atoms with van der Waals surface area (Å²) in [6.07, 6.45) is 0.0796. The first-order chi connectivity index (χ1) is 11.2. The van der Waals surface area contributed by atoms with Gasteiger partial charge in [-0.05, 0) is 74.9 Å². The van der Waals surface area contributed by atoms with Crippen LogP contribution in [-0.2, 0) is 9.16 Å². The van der Waals surface area contributed by atoms with Crippen LogP contribution in [0.15, 0.2) is 42.3 Å². The van der Waals surface area contributed by atoms with E-state index in [1.807, 2.05) is 26.0 Å². The van der Waals surface area contributed by atoms with Crippen molar-refractivity contribution in [2.45, 2.75) is 46.5 Å². The van der Waals surface area contributed by atoms with E-state index in [-0.39, 0.29) is 6.10 Å². The Morgan fingerprint density at radius 3 is 2.17 bits per heavy atom. The summed E-state index contributed by atoms with van der Waals surface area (Å²) in [5.41, 5.74) is 2.14. The maximum absolute atomic E-state index is 6.19. The van der Waals surface area contributed by atoms with E-state index in [0.29, 0.717) is 5.95 Å². The SMILES string of the molecule is COc1ccc2cc(/C(C)=C(/OC(C)C)O[Si](C)(C)C)ccc2c1. The van der Waals surface area contributed by atoms with E-state index in [4.69, 9.17) is 13.9 Å². The van der Waals surface area contributed by atoms with Crippen LogP contribution in [0.4, 0.5) is 0 Å². The summed E-state index contributed by atoms with van der Waals surface area (Å²) in [5.74, 6) is 1.52. The number of benzene rings is 2. The standard InChI is InChI=1S/C20H28O3Si/c1-14(2)22-20(23-24(5,6)7)15(3)16-8-9-18-13-19(21-4)11-10-17(18)12-16/h8-14H,1-7H3/b20-15-. The Balaban J connectivity index is 2.46. The lowest BCUT2D eigenvalue weighted by Crippen LogP contribution is -2.27. The molecule has 0 atom stereocenters. The highest BCUT2D eigenvalue weighted by Gasteiger charge is 2.21. The molecule has 0 aliphatic carbocycles. The quantitative estimate of drug-likeness (QED) is 0.488. The molecule has 2 aromatic carbocycles. The molecule has 24 heavy (non-hydrogen) atoms. The topological polar surface area (TPSA) is 27.7 Å². The van der Waals surface area contributed by atoms with Gasteiger partial charge in [-0.15, -0.1) is 0 Å². The van der Waals surface area contributed by atoms with Crippen LogP contribution in [0.25, 0.3) is 16.3 Å². The van der Waals surface area contributed by atoms with Crippen molar-refractivity contribution in [1.82, 2.24) is 0 Å². The number of rotatable bonds is 6. The summed E-state index contributed by atoms with van der Waals surface area (Å²) < 4.78 is 17.4. The third-order valence-corrected chi connectivity index (χ3v) is 4.33. The van der Waals surface area contributed by atoms with Crippen molar-refractivity contribution >= 4 is 24.7 Å². The van der Waals surface area contributed by atoms with E-state index in [1.54, 1.807) is 7.11 Å². The molecule has 0 spiro atoms. The van der Waals surface area contributed by atoms with E-state index >= 15 is 0 Å². The lowest BCUT2D eigenvalue weighted by atomic mass is 10.0. The molecule has 0 saturated heterocycles. The maximum Gasteiger partial charge on any atom is 0.269 e. The van der Waals surface area contributed by atoms with E-state index in [0.717, 1.165) is 22.3 Å². The second kappa shape index (κ2) is 7.30. The van der Waals surface area contributed by atoms with E-state index < -0.39 is 8.32 Å². The zero-order chi connectivity index (χ0) is 17.9. The Labute approximate surface area is 146 Å². The van der Waals surface area contributed by atoms with Crippen molar-refractivity contribution in [1.29, 1.82) is 0 Å². The first-order valence-corrected chi connectivity index (χ1v) is 11.7. The summed E-state index contributed by atoms with van der Waals surface area (Å²) in [4.78, 5) is 0. The van der Waals surface area contributed by atoms with Crippen LogP contribution in [-0.4, -0.2) is 21.5 Å². The average Bonchev–Trinajstić information content (AvgIpc) is 2.50. The van der Waals surface area contributed by atoms with E-state index in [1.165, 1.54) is 5.39 Å². The number of methoxy groups -OCH3 is 1. The predicted molar refractivity (Wildman–Crippen MR) is 104 cm³/mol. The fourth-order valence-electron chi connectivity index (χ4n) is 2.38. The number of hydrogen-bond acceptors (Lipinski definition) is 3. The fourth-order valence-corrected chi connectivity index (χ4v) is 3.14. The van der Waals surface area contributed by atoms with Gasteiger partial charge in [-0.2, -0.15) is 0 Å². The highest BCUT2D eigenvalue weighted by Crippen LogP contribution is 2.28. The average molecular weight is 345 g/mol. The van der Waals surface area contributed by atoms with Gasteiger partial charge in [0.1, 0.15) is 5.75 Å². The van der Waals surface area contributed by atoms with Crippen molar-refractivity contribution in [3.63, 3.8) is 0 Å². The third kappa shape index (κ3) is 4.77. The largest absolute Gasteiger partial charge is 0.519 e. The molecule has 2 aromatic rings. The van der Waals surface area contributed by atoms with Crippen molar-refractivity contribution < 1.29 is 13.9 Å². The molecular formula is C20H28O3Si. The van der Waals surface area contributed by atoms with Gasteiger partial charge in [0.05, 0.1) is 13.2 Å². The summed E-state index contributed by atoms with van der Waals surface area (Å²) in [6, 6.07) is 12.5. The first-order valence-electron chi connectivity index (χ1n) is 8.34. The Morgan fingerprint density at radius 1 is 0.958 bits per heavy atom. The van der Waals surface area contributed by atoms with Crippen LogP contribution < -0.4 is 4.74 Å². The number of fused-ring (bicyclic) bond motifs is 1. The van der Waals surface area contributed by atoms with Gasteiger partial charge in [0, 0.05) is 5.57 Å². The van der Waals surface area contributed by atoms with Gasteiger partial charge in [0.15, 0.2) is 0 Å². The van der Waals surface area contributed by atoms with Crippen LogP contribution >= 0.6 is 0 Å². The highest BCUT2D eigenvalue weighted by atomic mass is 28.4. The molecule has 0 saturated carbocycles. The first kappa shape index (κ1) is 18.4. The van der Waals surface area contributed by atoms with Gasteiger partial charge in [-0.3, -0.25) is 0 Å². The molecule has 0 amide bonds. The summed E-state index contributed by atoms with van der Waals surface area (Å²) in [7, 11) is -0.0621. The Kier molecular flexibility index (Phi) is 5.60. The second-order valence-electron chi connectivity index (χ2n) is 7.22. The van der Waals surface area contributed by atoms with Gasteiger partial charge >= 0.3 is 0 Å². The Hall–Kier alpha value is -1.94. The molecule has 0 heterocycles. The lowest BCUT2D eigenvalue weighted by Gasteiger charge is -2.25. The molecule has 0 N–H and O–H groups in total. The second-order valence-corrected chi connectivity index (χ2v) is 11.7. The minimum absolute atomic E-state index is 0.0796. The molecular weight excluding hydrogens is 316 g/mol. The van der Waals surface area contributed by atoms with Gasteiger partial charge in [-0.1, -0.05) is 18.2 Å². The summed E-state index contributed by atoms with van der Waals surface area (Å²) in [5, 5.41) is 2.33. The molecule has 4 heteroatoms. The number of ether oxygens (including phenoxy) is 2. The fraction of sp³-hybridized carbons (Fsp3) is 0.400. The molecule has 2 rings (SSSR count). The smallest absolute Gasteiger partial charge is 0.269 e. The minimum atomic E-state index is -1.75. The summed E-state index contributed by atoms with van der Waals surface area (Å²) >= 11 is 0. The van der Waals surface area contributed by atoms with Gasteiger partial charge < -0.3 is 13.9 Å². The van der Waals surface area contributed by atoms with Crippen LogP contribution in [0.3, 0.4) is 0 Å². The Bertz CT molecular complexity index is 742. The molecule has 0 fully saturated rings. The molecule has 0 aliphatic heterocycles. The van der Waals surface area contributed by atoms with Gasteiger partial charge in [0.2, 0.25) is 8.32 Å². The maximum atomic E-state index is 6.19. The van der Waals surface area contributed by atoms with Crippen molar-refractivity contribution in [3.05, 3.63) is 47.9 Å². The van der Waals surface area contributed by atoms with E-state index in [9.17, 15) is 0 Å². The lowest BCUT2D eigenvalue weighted by molar-refractivity contribution is 0.0621. The molecule has 0 unspecified atom stereocenters. The van der Waals surface area contributed by atoms with Gasteiger partial charge in [0.25, 0.3) is 5.95 Å². The molecule has 0 bridgehead atoms. The van der Waals surface area contributed by atoms with Crippen molar-refractivity contribution in [2.24, 2.45) is 0 Å². The van der Waals surface area contributed by atoms with Crippen LogP contribution in [0, 0.1) is 0 Å².